The Labute approximate surface area is 158 Å². The fourth-order valence-electron chi connectivity index (χ4n) is 3.23. The van der Waals surface area contributed by atoms with Crippen molar-refractivity contribution in [1.29, 1.82) is 0 Å². The molecular weight excluding hydrogens is 346 g/mol. The normalized spacial score (nSPS) is 13.7. The van der Waals surface area contributed by atoms with Crippen molar-refractivity contribution in [2.75, 3.05) is 19.8 Å². The number of fused-ring (bicyclic) bond motifs is 1. The minimum absolute atomic E-state index is 0.0121. The molecule has 144 valence electrons. The molecule has 1 aliphatic heterocycles. The van der Waals surface area contributed by atoms with Crippen LogP contribution in [0.1, 0.15) is 40.7 Å². The molecular formula is C20H25N3O4. The Morgan fingerprint density at radius 1 is 1.11 bits per heavy atom. The zero-order chi connectivity index (χ0) is 19.4. The van der Waals surface area contributed by atoms with Gasteiger partial charge in [0, 0.05) is 13.1 Å². The molecule has 7 heteroatoms. The van der Waals surface area contributed by atoms with E-state index in [1.165, 1.54) is 0 Å². The van der Waals surface area contributed by atoms with Crippen molar-refractivity contribution in [3.05, 3.63) is 46.8 Å². The Morgan fingerprint density at radius 2 is 1.85 bits per heavy atom. The van der Waals surface area contributed by atoms with Crippen molar-refractivity contribution < 1.29 is 19.1 Å². The number of aromatic nitrogens is 2. The van der Waals surface area contributed by atoms with Crippen LogP contribution in [0.5, 0.6) is 5.75 Å². The van der Waals surface area contributed by atoms with Crippen molar-refractivity contribution in [3.63, 3.8) is 0 Å². The molecule has 0 fully saturated rings. The largest absolute Gasteiger partial charge is 0.484 e. The van der Waals surface area contributed by atoms with Gasteiger partial charge in [0.05, 0.1) is 18.8 Å². The highest BCUT2D eigenvalue weighted by Gasteiger charge is 2.23. The first kappa shape index (κ1) is 18.9. The number of aryl methyl sites for hydroxylation is 3. The van der Waals surface area contributed by atoms with E-state index in [1.807, 2.05) is 26.0 Å². The second-order valence-electron chi connectivity index (χ2n) is 6.75. The molecule has 3 rings (SSSR count). The molecule has 27 heavy (non-hydrogen) atoms. The van der Waals surface area contributed by atoms with Crippen molar-refractivity contribution in [1.82, 2.24) is 14.7 Å². The number of esters is 1. The summed E-state index contributed by atoms with van der Waals surface area (Å²) in [4.78, 5) is 26.3. The van der Waals surface area contributed by atoms with E-state index in [-0.39, 0.29) is 18.2 Å². The summed E-state index contributed by atoms with van der Waals surface area (Å²) in [6.07, 6.45) is 0.770. The maximum Gasteiger partial charge on any atom is 0.358 e. The predicted octanol–water partition coefficient (Wildman–Crippen LogP) is 2.49. The molecule has 0 aliphatic carbocycles. The summed E-state index contributed by atoms with van der Waals surface area (Å²) in [5, 5.41) is 4.31. The predicted molar refractivity (Wildman–Crippen MR) is 99.6 cm³/mol. The molecule has 1 aliphatic rings. The lowest BCUT2D eigenvalue weighted by Gasteiger charge is -2.20. The first-order valence-corrected chi connectivity index (χ1v) is 9.19. The van der Waals surface area contributed by atoms with Crippen LogP contribution in [-0.2, 0) is 22.6 Å². The van der Waals surface area contributed by atoms with Crippen LogP contribution in [0.15, 0.2) is 24.3 Å². The minimum atomic E-state index is -0.436. The van der Waals surface area contributed by atoms with Gasteiger partial charge in [-0.15, -0.1) is 0 Å². The molecule has 2 heterocycles. The van der Waals surface area contributed by atoms with Gasteiger partial charge in [0.15, 0.2) is 12.3 Å². The van der Waals surface area contributed by atoms with E-state index in [1.54, 1.807) is 22.6 Å². The Bertz CT molecular complexity index is 823. The monoisotopic (exact) mass is 371 g/mol. The third kappa shape index (κ3) is 4.67. The third-order valence-electron chi connectivity index (χ3n) is 4.41. The highest BCUT2D eigenvalue weighted by molar-refractivity contribution is 5.87. The molecule has 0 spiro atoms. The number of hydrogen-bond donors (Lipinski definition) is 0. The lowest BCUT2D eigenvalue weighted by atomic mass is 10.1. The van der Waals surface area contributed by atoms with Gasteiger partial charge in [-0.05, 0) is 56.5 Å². The lowest BCUT2D eigenvalue weighted by Crippen LogP contribution is -2.34. The molecule has 0 saturated heterocycles. The molecule has 7 nitrogen and oxygen atoms in total. The van der Waals surface area contributed by atoms with Crippen LogP contribution in [0.3, 0.4) is 0 Å². The van der Waals surface area contributed by atoms with E-state index in [0.717, 1.165) is 23.2 Å². The Kier molecular flexibility index (Phi) is 5.78. The smallest absolute Gasteiger partial charge is 0.358 e. The maximum absolute atomic E-state index is 12.6. The molecule has 0 radical (unpaired) electrons. The first-order chi connectivity index (χ1) is 13.0. The quantitative estimate of drug-likeness (QED) is 0.755. The van der Waals surface area contributed by atoms with Gasteiger partial charge in [-0.25, -0.2) is 4.79 Å². The summed E-state index contributed by atoms with van der Waals surface area (Å²) in [5.41, 5.74) is 3.31. The molecule has 1 aromatic carbocycles. The molecule has 0 atom stereocenters. The van der Waals surface area contributed by atoms with Crippen molar-refractivity contribution >= 4 is 11.9 Å². The van der Waals surface area contributed by atoms with Gasteiger partial charge in [0.1, 0.15) is 5.75 Å². The summed E-state index contributed by atoms with van der Waals surface area (Å²) in [7, 11) is 0. The van der Waals surface area contributed by atoms with E-state index in [4.69, 9.17) is 9.47 Å². The summed E-state index contributed by atoms with van der Waals surface area (Å²) < 4.78 is 12.5. The van der Waals surface area contributed by atoms with Gasteiger partial charge in [-0.3, -0.25) is 9.48 Å². The highest BCUT2D eigenvalue weighted by Crippen LogP contribution is 2.18. The van der Waals surface area contributed by atoms with Gasteiger partial charge >= 0.3 is 5.97 Å². The summed E-state index contributed by atoms with van der Waals surface area (Å²) in [6.45, 7) is 7.75. The summed E-state index contributed by atoms with van der Waals surface area (Å²) in [5.74, 6) is 0.181. The molecule has 1 aromatic heterocycles. The van der Waals surface area contributed by atoms with Crippen LogP contribution < -0.4 is 4.74 Å². The third-order valence-corrected chi connectivity index (χ3v) is 4.41. The average molecular weight is 371 g/mol. The van der Waals surface area contributed by atoms with Crippen LogP contribution in [0, 0.1) is 13.8 Å². The number of carbonyl (C=O) groups is 2. The fourth-order valence-corrected chi connectivity index (χ4v) is 3.23. The molecule has 0 N–H and O–H groups in total. The molecule has 1 amide bonds. The summed E-state index contributed by atoms with van der Waals surface area (Å²) >= 11 is 0. The zero-order valence-corrected chi connectivity index (χ0v) is 16.0. The van der Waals surface area contributed by atoms with Crippen LogP contribution in [-0.4, -0.2) is 46.3 Å². The highest BCUT2D eigenvalue weighted by atomic mass is 16.5. The standard InChI is InChI=1S/C20H25N3O4/c1-4-26-20(25)18-11-16-12-22(6-5-7-23(16)21-18)19(24)13-27-17-9-14(2)8-15(3)10-17/h8-11H,4-7,12-13H2,1-3H3. The summed E-state index contributed by atoms with van der Waals surface area (Å²) in [6, 6.07) is 7.60. The van der Waals surface area contributed by atoms with Crippen LogP contribution in [0.2, 0.25) is 0 Å². The molecule has 0 saturated carbocycles. The zero-order valence-electron chi connectivity index (χ0n) is 16.0. The van der Waals surface area contributed by atoms with E-state index >= 15 is 0 Å². The second-order valence-corrected chi connectivity index (χ2v) is 6.75. The Hall–Kier alpha value is -2.83. The number of carbonyl (C=O) groups excluding carboxylic acids is 2. The first-order valence-electron chi connectivity index (χ1n) is 9.19. The van der Waals surface area contributed by atoms with Gasteiger partial charge in [-0.2, -0.15) is 5.10 Å². The van der Waals surface area contributed by atoms with Crippen molar-refractivity contribution in [3.8, 4) is 5.75 Å². The topological polar surface area (TPSA) is 73.7 Å². The molecule has 2 aromatic rings. The number of ether oxygens (including phenoxy) is 2. The van der Waals surface area contributed by atoms with Gasteiger partial charge in [0.25, 0.3) is 5.91 Å². The number of hydrogen-bond acceptors (Lipinski definition) is 5. The van der Waals surface area contributed by atoms with E-state index in [9.17, 15) is 9.59 Å². The van der Waals surface area contributed by atoms with Crippen LogP contribution >= 0.6 is 0 Å². The Balaban J connectivity index is 1.65. The molecule has 0 unspecified atom stereocenters. The average Bonchev–Trinajstić information content (AvgIpc) is 2.91. The van der Waals surface area contributed by atoms with E-state index < -0.39 is 5.97 Å². The maximum atomic E-state index is 12.6. The fraction of sp³-hybridized carbons (Fsp3) is 0.450. The second kappa shape index (κ2) is 8.24. The van der Waals surface area contributed by atoms with E-state index in [2.05, 4.69) is 11.2 Å². The number of nitrogens with zero attached hydrogens (tertiary/aromatic N) is 3. The van der Waals surface area contributed by atoms with E-state index in [0.29, 0.717) is 32.0 Å². The number of rotatable bonds is 5. The SMILES string of the molecule is CCOC(=O)c1cc2n(n1)CCCN(C(=O)COc1cc(C)cc(C)c1)C2. The molecule has 0 bridgehead atoms. The number of benzene rings is 1. The Morgan fingerprint density at radius 3 is 2.56 bits per heavy atom. The van der Waals surface area contributed by atoms with Gasteiger partial charge in [0.2, 0.25) is 0 Å². The van der Waals surface area contributed by atoms with Gasteiger partial charge < -0.3 is 14.4 Å². The van der Waals surface area contributed by atoms with Gasteiger partial charge in [-0.1, -0.05) is 6.07 Å². The minimum Gasteiger partial charge on any atom is -0.484 e. The van der Waals surface area contributed by atoms with Crippen molar-refractivity contribution in [2.45, 2.75) is 40.3 Å². The van der Waals surface area contributed by atoms with Crippen molar-refractivity contribution in [2.24, 2.45) is 0 Å². The van der Waals surface area contributed by atoms with Crippen LogP contribution in [0.4, 0.5) is 0 Å². The van der Waals surface area contributed by atoms with Crippen LogP contribution in [0.25, 0.3) is 0 Å². The lowest BCUT2D eigenvalue weighted by molar-refractivity contribution is -0.134. The number of amides is 1.